The summed E-state index contributed by atoms with van der Waals surface area (Å²) in [5.41, 5.74) is -0.336. The molecule has 2 rings (SSSR count). The van der Waals surface area contributed by atoms with Gasteiger partial charge in [0.2, 0.25) is 0 Å². The molecule has 2 N–H and O–H groups in total. The van der Waals surface area contributed by atoms with E-state index in [4.69, 9.17) is 4.74 Å². The standard InChI is InChI=1S/C15H21N3O5/c1-9-11(13(20)17-15(22)16-9)5-6-12(19)23-10(2)14(21)18-7-3-4-8-18/h10H,3-8H2,1-2H3,(H2,16,17,20,22). The number of aromatic nitrogens is 2. The summed E-state index contributed by atoms with van der Waals surface area (Å²) < 4.78 is 5.14. The van der Waals surface area contributed by atoms with Gasteiger partial charge in [0.15, 0.2) is 6.10 Å². The summed E-state index contributed by atoms with van der Waals surface area (Å²) in [7, 11) is 0. The normalized spacial score (nSPS) is 15.5. The van der Waals surface area contributed by atoms with Crippen LogP contribution in [0.1, 0.15) is 37.4 Å². The van der Waals surface area contributed by atoms with E-state index in [-0.39, 0.29) is 18.7 Å². The van der Waals surface area contributed by atoms with Crippen LogP contribution >= 0.6 is 0 Å². The zero-order chi connectivity index (χ0) is 17.0. The van der Waals surface area contributed by atoms with Crippen molar-refractivity contribution in [2.45, 2.75) is 45.6 Å². The largest absolute Gasteiger partial charge is 0.453 e. The Morgan fingerprint density at radius 3 is 2.48 bits per heavy atom. The third-order valence-corrected chi connectivity index (χ3v) is 3.91. The zero-order valence-corrected chi connectivity index (χ0v) is 13.3. The van der Waals surface area contributed by atoms with Crippen molar-refractivity contribution in [1.82, 2.24) is 14.9 Å². The van der Waals surface area contributed by atoms with E-state index < -0.39 is 23.3 Å². The van der Waals surface area contributed by atoms with E-state index >= 15 is 0 Å². The van der Waals surface area contributed by atoms with Gasteiger partial charge in [0.1, 0.15) is 0 Å². The molecule has 2 heterocycles. The highest BCUT2D eigenvalue weighted by Gasteiger charge is 2.25. The van der Waals surface area contributed by atoms with E-state index in [1.54, 1.807) is 18.7 Å². The van der Waals surface area contributed by atoms with Gasteiger partial charge in [-0.2, -0.15) is 0 Å². The molecule has 1 atom stereocenters. The van der Waals surface area contributed by atoms with Gasteiger partial charge in [-0.15, -0.1) is 0 Å². The van der Waals surface area contributed by atoms with Crippen molar-refractivity contribution in [2.75, 3.05) is 13.1 Å². The number of nitrogens with one attached hydrogen (secondary N) is 2. The van der Waals surface area contributed by atoms with E-state index in [9.17, 15) is 19.2 Å². The average molecular weight is 323 g/mol. The van der Waals surface area contributed by atoms with Crippen LogP contribution in [0.3, 0.4) is 0 Å². The Bertz CT molecular complexity index is 700. The number of hydrogen-bond donors (Lipinski definition) is 2. The van der Waals surface area contributed by atoms with Crippen molar-refractivity contribution in [3.05, 3.63) is 32.1 Å². The summed E-state index contributed by atoms with van der Waals surface area (Å²) >= 11 is 0. The van der Waals surface area contributed by atoms with Gasteiger partial charge >= 0.3 is 11.7 Å². The fraction of sp³-hybridized carbons (Fsp3) is 0.600. The van der Waals surface area contributed by atoms with Crippen LogP contribution in [0.15, 0.2) is 9.59 Å². The lowest BCUT2D eigenvalue weighted by atomic mass is 10.1. The predicted octanol–water partition coefficient (Wildman–Crippen LogP) is -0.142. The molecule has 1 saturated heterocycles. The van der Waals surface area contributed by atoms with Crippen molar-refractivity contribution in [3.8, 4) is 0 Å². The molecule has 0 saturated carbocycles. The number of esters is 1. The molecule has 0 radical (unpaired) electrons. The minimum absolute atomic E-state index is 0.0341. The first-order valence-corrected chi connectivity index (χ1v) is 7.69. The lowest BCUT2D eigenvalue weighted by Gasteiger charge is -2.20. The second-order valence-corrected chi connectivity index (χ2v) is 5.68. The molecule has 1 unspecified atom stereocenters. The van der Waals surface area contributed by atoms with Gasteiger partial charge < -0.3 is 14.6 Å². The highest BCUT2D eigenvalue weighted by atomic mass is 16.5. The number of aromatic amines is 2. The number of amides is 1. The van der Waals surface area contributed by atoms with Crippen LogP contribution in [0, 0.1) is 6.92 Å². The molecule has 0 spiro atoms. The van der Waals surface area contributed by atoms with Crippen LogP contribution in [-0.4, -0.2) is 45.9 Å². The smallest absolute Gasteiger partial charge is 0.325 e. The van der Waals surface area contributed by atoms with E-state index in [0.29, 0.717) is 24.3 Å². The Morgan fingerprint density at radius 2 is 1.87 bits per heavy atom. The molecule has 1 aliphatic rings. The number of carbonyl (C=O) groups is 2. The first-order chi connectivity index (χ1) is 10.9. The van der Waals surface area contributed by atoms with Gasteiger partial charge in [-0.1, -0.05) is 0 Å². The Kier molecular flexibility index (Phi) is 5.36. The maximum Gasteiger partial charge on any atom is 0.325 e. The van der Waals surface area contributed by atoms with Crippen molar-refractivity contribution >= 4 is 11.9 Å². The number of likely N-dealkylation sites (tertiary alicyclic amines) is 1. The molecule has 1 aromatic rings. The summed E-state index contributed by atoms with van der Waals surface area (Å²) in [6.45, 7) is 4.55. The lowest BCUT2D eigenvalue weighted by Crippen LogP contribution is -2.38. The predicted molar refractivity (Wildman–Crippen MR) is 82.1 cm³/mol. The molecular weight excluding hydrogens is 302 g/mol. The van der Waals surface area contributed by atoms with E-state index in [1.807, 2.05) is 0 Å². The van der Waals surface area contributed by atoms with E-state index in [1.165, 1.54) is 0 Å². The van der Waals surface area contributed by atoms with Gasteiger partial charge in [0, 0.05) is 30.8 Å². The van der Waals surface area contributed by atoms with Crippen LogP contribution in [0.2, 0.25) is 0 Å². The second-order valence-electron chi connectivity index (χ2n) is 5.68. The van der Waals surface area contributed by atoms with Crippen LogP contribution in [-0.2, 0) is 20.7 Å². The number of nitrogens with zero attached hydrogens (tertiary/aromatic N) is 1. The summed E-state index contributed by atoms with van der Waals surface area (Å²) in [6.07, 6.45) is 1.23. The third-order valence-electron chi connectivity index (χ3n) is 3.91. The van der Waals surface area contributed by atoms with Gasteiger partial charge in [0.25, 0.3) is 11.5 Å². The topological polar surface area (TPSA) is 112 Å². The fourth-order valence-corrected chi connectivity index (χ4v) is 2.66. The molecule has 8 nitrogen and oxygen atoms in total. The third kappa shape index (κ3) is 4.30. The van der Waals surface area contributed by atoms with Crippen LogP contribution in [0.4, 0.5) is 0 Å². The van der Waals surface area contributed by atoms with Gasteiger partial charge in [-0.25, -0.2) is 4.79 Å². The van der Waals surface area contributed by atoms with Crippen LogP contribution < -0.4 is 11.2 Å². The van der Waals surface area contributed by atoms with Gasteiger partial charge in [0.05, 0.1) is 0 Å². The first-order valence-electron chi connectivity index (χ1n) is 7.69. The monoisotopic (exact) mass is 323 g/mol. The molecule has 23 heavy (non-hydrogen) atoms. The second kappa shape index (κ2) is 7.26. The minimum Gasteiger partial charge on any atom is -0.453 e. The molecule has 8 heteroatoms. The summed E-state index contributed by atoms with van der Waals surface area (Å²) in [4.78, 5) is 53.0. The Balaban J connectivity index is 1.89. The quantitative estimate of drug-likeness (QED) is 0.732. The van der Waals surface area contributed by atoms with Crippen molar-refractivity contribution in [1.29, 1.82) is 0 Å². The molecule has 1 aliphatic heterocycles. The lowest BCUT2D eigenvalue weighted by molar-refractivity contribution is -0.158. The molecular formula is C15H21N3O5. The highest BCUT2D eigenvalue weighted by molar-refractivity contribution is 5.83. The number of rotatable bonds is 5. The Morgan fingerprint density at radius 1 is 1.22 bits per heavy atom. The zero-order valence-electron chi connectivity index (χ0n) is 13.3. The number of aryl methyl sites for hydroxylation is 1. The van der Waals surface area contributed by atoms with Gasteiger partial charge in [-0.05, 0) is 33.1 Å². The molecule has 0 aromatic carbocycles. The first kappa shape index (κ1) is 17.0. The molecule has 0 bridgehead atoms. The minimum atomic E-state index is -0.824. The van der Waals surface area contributed by atoms with E-state index in [2.05, 4.69) is 9.97 Å². The number of ether oxygens (including phenoxy) is 1. The average Bonchev–Trinajstić information content (AvgIpc) is 2.99. The summed E-state index contributed by atoms with van der Waals surface area (Å²) in [5.74, 6) is -0.732. The maximum absolute atomic E-state index is 12.1. The Labute approximate surface area is 132 Å². The summed E-state index contributed by atoms with van der Waals surface area (Å²) in [5, 5.41) is 0. The molecule has 1 fully saturated rings. The van der Waals surface area contributed by atoms with Gasteiger partial charge in [-0.3, -0.25) is 19.4 Å². The molecule has 0 aliphatic carbocycles. The molecule has 126 valence electrons. The van der Waals surface area contributed by atoms with Crippen molar-refractivity contribution in [3.63, 3.8) is 0 Å². The molecule has 1 amide bonds. The Hall–Kier alpha value is -2.38. The number of hydrogen-bond acceptors (Lipinski definition) is 5. The van der Waals surface area contributed by atoms with E-state index in [0.717, 1.165) is 12.8 Å². The van der Waals surface area contributed by atoms with Crippen LogP contribution in [0.25, 0.3) is 0 Å². The van der Waals surface area contributed by atoms with Crippen molar-refractivity contribution < 1.29 is 14.3 Å². The number of carbonyl (C=O) groups excluding carboxylic acids is 2. The van der Waals surface area contributed by atoms with Crippen LogP contribution in [0.5, 0.6) is 0 Å². The molecule has 1 aromatic heterocycles. The SMILES string of the molecule is Cc1[nH]c(=O)[nH]c(=O)c1CCC(=O)OC(C)C(=O)N1CCCC1. The highest BCUT2D eigenvalue weighted by Crippen LogP contribution is 2.11. The maximum atomic E-state index is 12.1. The number of H-pyrrole nitrogens is 2. The summed E-state index contributed by atoms with van der Waals surface area (Å²) in [6, 6.07) is 0. The van der Waals surface area contributed by atoms with Crippen molar-refractivity contribution in [2.24, 2.45) is 0 Å². The fourth-order valence-electron chi connectivity index (χ4n) is 2.66.